The van der Waals surface area contributed by atoms with Gasteiger partial charge in [-0.05, 0) is 26.0 Å². The van der Waals surface area contributed by atoms with E-state index in [-0.39, 0.29) is 5.76 Å². The molecule has 0 amide bonds. The highest BCUT2D eigenvalue weighted by Crippen LogP contribution is 2.17. The van der Waals surface area contributed by atoms with Gasteiger partial charge in [-0.3, -0.25) is 0 Å². The normalized spacial score (nSPS) is 11.5. The van der Waals surface area contributed by atoms with Gasteiger partial charge in [-0.2, -0.15) is 0 Å². The Balaban J connectivity index is 2.46. The monoisotopic (exact) mass is 255 g/mol. The largest absolute Gasteiger partial charge is 0.424 e. The van der Waals surface area contributed by atoms with Crippen molar-refractivity contribution in [2.75, 3.05) is 13.1 Å². The van der Waals surface area contributed by atoms with E-state index in [4.69, 9.17) is 16.0 Å². The van der Waals surface area contributed by atoms with Gasteiger partial charge in [0.25, 0.3) is 0 Å². The molecule has 17 heavy (non-hydrogen) atoms. The Morgan fingerprint density at radius 3 is 2.71 bits per heavy atom. The van der Waals surface area contributed by atoms with Gasteiger partial charge >= 0.3 is 5.76 Å². The summed E-state index contributed by atoms with van der Waals surface area (Å²) >= 11 is 5.86. The van der Waals surface area contributed by atoms with E-state index in [2.05, 4.69) is 13.8 Å². The van der Waals surface area contributed by atoms with Gasteiger partial charge < -0.3 is 9.32 Å². The van der Waals surface area contributed by atoms with Gasteiger partial charge in [0.05, 0.1) is 18.6 Å². The van der Waals surface area contributed by atoms with Crippen molar-refractivity contribution in [3.8, 4) is 0 Å². The van der Waals surface area contributed by atoms with Crippen molar-refractivity contribution >= 4 is 22.7 Å². The molecule has 1 N–H and O–H groups in total. The molecule has 1 aromatic heterocycles. The summed E-state index contributed by atoms with van der Waals surface area (Å²) in [6, 6.07) is 5.27. The molecule has 0 spiro atoms. The maximum absolute atomic E-state index is 11.8. The number of hydrogen-bond acceptors (Lipinski definition) is 2. The predicted molar refractivity (Wildman–Crippen MR) is 67.5 cm³/mol. The molecule has 0 saturated heterocycles. The second kappa shape index (κ2) is 4.94. The Morgan fingerprint density at radius 2 is 2.06 bits per heavy atom. The van der Waals surface area contributed by atoms with Crippen molar-refractivity contribution < 1.29 is 9.32 Å². The van der Waals surface area contributed by atoms with E-state index in [1.54, 1.807) is 16.7 Å². The molecular formula is C12H16ClN2O2+. The third kappa shape index (κ3) is 2.37. The van der Waals surface area contributed by atoms with Crippen LogP contribution in [0.5, 0.6) is 0 Å². The number of rotatable bonds is 4. The highest BCUT2D eigenvalue weighted by Gasteiger charge is 2.13. The van der Waals surface area contributed by atoms with Crippen LogP contribution in [0.15, 0.2) is 27.4 Å². The van der Waals surface area contributed by atoms with Crippen LogP contribution in [0.3, 0.4) is 0 Å². The molecule has 0 saturated carbocycles. The average Bonchev–Trinajstić information content (AvgIpc) is 2.61. The molecule has 0 aliphatic heterocycles. The minimum atomic E-state index is -0.318. The van der Waals surface area contributed by atoms with Crippen LogP contribution >= 0.6 is 11.6 Å². The van der Waals surface area contributed by atoms with E-state index >= 15 is 0 Å². The van der Waals surface area contributed by atoms with E-state index in [9.17, 15) is 4.79 Å². The quantitative estimate of drug-likeness (QED) is 0.890. The number of nitrogens with one attached hydrogen (secondary N) is 1. The van der Waals surface area contributed by atoms with Gasteiger partial charge in [-0.15, -0.1) is 0 Å². The summed E-state index contributed by atoms with van der Waals surface area (Å²) in [5.74, 6) is -0.318. The fourth-order valence-corrected chi connectivity index (χ4v) is 2.05. The van der Waals surface area contributed by atoms with Crippen LogP contribution in [0.1, 0.15) is 13.8 Å². The second-order valence-corrected chi connectivity index (χ2v) is 4.46. The fourth-order valence-electron chi connectivity index (χ4n) is 1.89. The van der Waals surface area contributed by atoms with Gasteiger partial charge in [-0.1, -0.05) is 11.6 Å². The third-order valence-corrected chi connectivity index (χ3v) is 3.25. The van der Waals surface area contributed by atoms with E-state index in [1.807, 2.05) is 6.07 Å². The van der Waals surface area contributed by atoms with Gasteiger partial charge in [-0.25, -0.2) is 9.36 Å². The molecule has 0 atom stereocenters. The highest BCUT2D eigenvalue weighted by atomic mass is 35.5. The lowest BCUT2D eigenvalue weighted by Gasteiger charge is -2.15. The lowest BCUT2D eigenvalue weighted by Crippen LogP contribution is -3.10. The van der Waals surface area contributed by atoms with Crippen molar-refractivity contribution in [2.24, 2.45) is 0 Å². The summed E-state index contributed by atoms with van der Waals surface area (Å²) < 4.78 is 6.84. The number of hydrogen-bond donors (Lipinski definition) is 1. The molecule has 5 heteroatoms. The molecular weight excluding hydrogens is 240 g/mol. The Bertz CT molecular complexity index is 569. The van der Waals surface area contributed by atoms with Crippen LogP contribution in [0.2, 0.25) is 5.02 Å². The molecule has 92 valence electrons. The smallest absolute Gasteiger partial charge is 0.408 e. The molecule has 2 aromatic rings. The van der Waals surface area contributed by atoms with E-state index in [0.29, 0.717) is 17.3 Å². The van der Waals surface area contributed by atoms with Gasteiger partial charge in [0.2, 0.25) is 0 Å². The number of quaternary nitrogens is 1. The molecule has 4 nitrogen and oxygen atoms in total. The van der Waals surface area contributed by atoms with Crippen LogP contribution in [-0.2, 0) is 6.67 Å². The minimum Gasteiger partial charge on any atom is -0.408 e. The lowest BCUT2D eigenvalue weighted by atomic mass is 10.3. The summed E-state index contributed by atoms with van der Waals surface area (Å²) in [4.78, 5) is 13.1. The second-order valence-electron chi connectivity index (χ2n) is 4.02. The maximum atomic E-state index is 11.8. The molecule has 1 heterocycles. The molecule has 0 bridgehead atoms. The third-order valence-electron chi connectivity index (χ3n) is 3.01. The summed E-state index contributed by atoms with van der Waals surface area (Å²) in [7, 11) is 0. The van der Waals surface area contributed by atoms with Gasteiger partial charge in [0.1, 0.15) is 0 Å². The Kier molecular flexibility index (Phi) is 3.54. The van der Waals surface area contributed by atoms with Crippen LogP contribution in [0.4, 0.5) is 0 Å². The van der Waals surface area contributed by atoms with E-state index < -0.39 is 0 Å². The first-order valence-corrected chi connectivity index (χ1v) is 6.16. The van der Waals surface area contributed by atoms with Crippen molar-refractivity contribution in [3.63, 3.8) is 0 Å². The van der Waals surface area contributed by atoms with Crippen LogP contribution in [0.25, 0.3) is 11.1 Å². The summed E-state index contributed by atoms with van der Waals surface area (Å²) in [6.07, 6.45) is 0. The first kappa shape index (κ1) is 12.2. The van der Waals surface area contributed by atoms with Crippen LogP contribution < -0.4 is 10.7 Å². The molecule has 0 radical (unpaired) electrons. The van der Waals surface area contributed by atoms with Crippen molar-refractivity contribution in [2.45, 2.75) is 20.5 Å². The maximum Gasteiger partial charge on any atom is 0.424 e. The Morgan fingerprint density at radius 1 is 1.35 bits per heavy atom. The zero-order valence-corrected chi connectivity index (χ0v) is 10.8. The number of nitrogens with zero attached hydrogens (tertiary/aromatic N) is 1. The molecule has 1 aromatic carbocycles. The molecule has 0 fully saturated rings. The molecule has 0 aliphatic rings. The number of fused-ring (bicyclic) bond motifs is 1. The number of halogens is 1. The zero-order valence-electron chi connectivity index (χ0n) is 10.00. The first-order valence-electron chi connectivity index (χ1n) is 5.78. The standard InChI is InChI=1S/C12H15ClN2O2/c1-3-14(4-2)8-15-10-6-5-9(13)7-11(10)17-12(15)16/h5-7H,3-4,8H2,1-2H3/p+1. The van der Waals surface area contributed by atoms with Crippen molar-refractivity contribution in [1.29, 1.82) is 0 Å². The SMILES string of the molecule is CC[NH+](CC)Cn1c(=O)oc2cc(Cl)ccc21. The van der Waals surface area contributed by atoms with Crippen molar-refractivity contribution in [3.05, 3.63) is 33.8 Å². The predicted octanol–water partition coefficient (Wildman–Crippen LogP) is 1.13. The summed E-state index contributed by atoms with van der Waals surface area (Å²) in [5.41, 5.74) is 1.35. The lowest BCUT2D eigenvalue weighted by molar-refractivity contribution is -0.919. The Hall–Kier alpha value is -1.26. The molecule has 0 unspecified atom stereocenters. The fraction of sp³-hybridized carbons (Fsp3) is 0.417. The van der Waals surface area contributed by atoms with E-state index in [0.717, 1.165) is 18.6 Å². The molecule has 2 rings (SSSR count). The van der Waals surface area contributed by atoms with Crippen LogP contribution in [0, 0.1) is 0 Å². The van der Waals surface area contributed by atoms with Gasteiger partial charge in [0, 0.05) is 11.1 Å². The van der Waals surface area contributed by atoms with Crippen molar-refractivity contribution in [1.82, 2.24) is 4.57 Å². The number of aromatic nitrogens is 1. The topological polar surface area (TPSA) is 39.6 Å². The van der Waals surface area contributed by atoms with Gasteiger partial charge in [0.15, 0.2) is 12.3 Å². The summed E-state index contributed by atoms with van der Waals surface area (Å²) in [5, 5.41) is 0.577. The van der Waals surface area contributed by atoms with E-state index in [1.165, 1.54) is 4.90 Å². The number of benzene rings is 1. The number of oxazole rings is 1. The first-order chi connectivity index (χ1) is 8.15. The summed E-state index contributed by atoms with van der Waals surface area (Å²) in [6.45, 7) is 6.78. The molecule has 0 aliphatic carbocycles. The zero-order chi connectivity index (χ0) is 12.4. The average molecular weight is 256 g/mol. The highest BCUT2D eigenvalue weighted by molar-refractivity contribution is 6.31. The minimum absolute atomic E-state index is 0.318. The Labute approximate surface area is 104 Å². The van der Waals surface area contributed by atoms with Crippen LogP contribution in [-0.4, -0.2) is 17.7 Å².